The van der Waals surface area contributed by atoms with E-state index in [-0.39, 0.29) is 5.41 Å². The summed E-state index contributed by atoms with van der Waals surface area (Å²) in [5.74, 6) is 0. The molecule has 1 atom stereocenters. The van der Waals surface area contributed by atoms with Gasteiger partial charge in [-0.3, -0.25) is 0 Å². The summed E-state index contributed by atoms with van der Waals surface area (Å²) < 4.78 is 0. The van der Waals surface area contributed by atoms with Crippen molar-refractivity contribution in [1.82, 2.24) is 9.80 Å². The zero-order valence-electron chi connectivity index (χ0n) is 13.4. The average molecular weight is 280 g/mol. The van der Waals surface area contributed by atoms with Crippen molar-refractivity contribution in [2.75, 3.05) is 32.7 Å². The first-order chi connectivity index (χ1) is 9.67. The first-order valence-corrected chi connectivity index (χ1v) is 8.59. The summed E-state index contributed by atoms with van der Waals surface area (Å²) in [6.07, 6.45) is 10.1. The fourth-order valence-electron chi connectivity index (χ4n) is 3.98. The quantitative estimate of drug-likeness (QED) is 0.699. The highest BCUT2D eigenvalue weighted by molar-refractivity contribution is 5.59. The van der Waals surface area contributed by atoms with E-state index < -0.39 is 0 Å². The molecular formula is C17H32N2O. The van der Waals surface area contributed by atoms with Crippen LogP contribution in [0.4, 0.5) is 0 Å². The summed E-state index contributed by atoms with van der Waals surface area (Å²) >= 11 is 0. The van der Waals surface area contributed by atoms with Gasteiger partial charge < -0.3 is 14.6 Å². The van der Waals surface area contributed by atoms with E-state index in [0.29, 0.717) is 0 Å². The Morgan fingerprint density at radius 1 is 1.10 bits per heavy atom. The first kappa shape index (κ1) is 16.0. The molecule has 0 aromatic rings. The molecule has 0 aromatic heterocycles. The van der Waals surface area contributed by atoms with Crippen molar-refractivity contribution in [3.8, 4) is 0 Å². The fourth-order valence-corrected chi connectivity index (χ4v) is 3.98. The third kappa shape index (κ3) is 4.29. The number of rotatable bonds is 6. The molecule has 0 aliphatic carbocycles. The summed E-state index contributed by atoms with van der Waals surface area (Å²) in [4.78, 5) is 16.6. The van der Waals surface area contributed by atoms with Crippen LogP contribution >= 0.6 is 0 Å². The monoisotopic (exact) mass is 280 g/mol. The minimum Gasteiger partial charge on any atom is -0.303 e. The van der Waals surface area contributed by atoms with Gasteiger partial charge in [0.1, 0.15) is 6.29 Å². The van der Waals surface area contributed by atoms with Crippen molar-refractivity contribution < 1.29 is 4.79 Å². The van der Waals surface area contributed by atoms with E-state index in [2.05, 4.69) is 23.6 Å². The second kappa shape index (κ2) is 7.56. The van der Waals surface area contributed by atoms with E-state index in [4.69, 9.17) is 0 Å². The van der Waals surface area contributed by atoms with Crippen molar-refractivity contribution in [2.45, 2.75) is 64.8 Å². The lowest BCUT2D eigenvalue weighted by molar-refractivity contribution is -0.117. The molecule has 1 unspecified atom stereocenters. The van der Waals surface area contributed by atoms with E-state index >= 15 is 0 Å². The molecule has 2 aliphatic rings. The lowest BCUT2D eigenvalue weighted by Crippen LogP contribution is -2.48. The topological polar surface area (TPSA) is 23.6 Å². The molecule has 116 valence electrons. The fraction of sp³-hybridized carbons (Fsp3) is 0.941. The van der Waals surface area contributed by atoms with Crippen LogP contribution in [0.5, 0.6) is 0 Å². The Bertz CT molecular complexity index is 293. The molecule has 0 bridgehead atoms. The van der Waals surface area contributed by atoms with Gasteiger partial charge in [0.05, 0.1) is 0 Å². The number of carbonyl (C=O) groups excluding carboxylic acids is 1. The van der Waals surface area contributed by atoms with E-state index in [1.165, 1.54) is 64.6 Å². The molecule has 2 saturated heterocycles. The number of hydrogen-bond acceptors (Lipinski definition) is 3. The summed E-state index contributed by atoms with van der Waals surface area (Å²) in [7, 11) is 0. The predicted octanol–water partition coefficient (Wildman–Crippen LogP) is 2.94. The minimum atomic E-state index is -0.132. The van der Waals surface area contributed by atoms with Crippen LogP contribution in [0.2, 0.25) is 0 Å². The molecule has 0 saturated carbocycles. The Balaban J connectivity index is 1.77. The van der Waals surface area contributed by atoms with Gasteiger partial charge in [-0.2, -0.15) is 0 Å². The van der Waals surface area contributed by atoms with Gasteiger partial charge in [-0.05, 0) is 58.3 Å². The molecule has 20 heavy (non-hydrogen) atoms. The third-order valence-corrected chi connectivity index (χ3v) is 5.15. The molecule has 2 heterocycles. The van der Waals surface area contributed by atoms with Crippen molar-refractivity contribution in [3.63, 3.8) is 0 Å². The number of likely N-dealkylation sites (tertiary alicyclic amines) is 2. The van der Waals surface area contributed by atoms with Crippen LogP contribution in [0.1, 0.15) is 58.8 Å². The Morgan fingerprint density at radius 2 is 1.75 bits per heavy atom. The summed E-state index contributed by atoms with van der Waals surface area (Å²) in [5.41, 5.74) is -0.132. The predicted molar refractivity (Wildman–Crippen MR) is 84.0 cm³/mol. The van der Waals surface area contributed by atoms with Gasteiger partial charge in [0.15, 0.2) is 0 Å². The average Bonchev–Trinajstić information content (AvgIpc) is 2.49. The molecule has 0 radical (unpaired) electrons. The molecule has 0 aromatic carbocycles. The lowest BCUT2D eigenvalue weighted by Gasteiger charge is -2.42. The first-order valence-electron chi connectivity index (χ1n) is 8.59. The van der Waals surface area contributed by atoms with Gasteiger partial charge in [0, 0.05) is 18.0 Å². The zero-order valence-corrected chi connectivity index (χ0v) is 13.4. The molecule has 2 rings (SSSR count). The van der Waals surface area contributed by atoms with Gasteiger partial charge in [-0.25, -0.2) is 0 Å². The maximum absolute atomic E-state index is 11.4. The molecule has 3 nitrogen and oxygen atoms in total. The van der Waals surface area contributed by atoms with Crippen LogP contribution in [0.25, 0.3) is 0 Å². The number of hydrogen-bond donors (Lipinski definition) is 0. The molecule has 0 spiro atoms. The van der Waals surface area contributed by atoms with Gasteiger partial charge in [0.2, 0.25) is 0 Å². The maximum atomic E-state index is 11.4. The normalized spacial score (nSPS) is 26.3. The number of carbonyl (C=O) groups is 1. The van der Waals surface area contributed by atoms with E-state index in [0.717, 1.165) is 25.4 Å². The highest BCUT2D eigenvalue weighted by Crippen LogP contribution is 2.26. The lowest BCUT2D eigenvalue weighted by atomic mass is 9.86. The van der Waals surface area contributed by atoms with Gasteiger partial charge in [0.25, 0.3) is 0 Å². The highest BCUT2D eigenvalue weighted by Gasteiger charge is 2.30. The van der Waals surface area contributed by atoms with Gasteiger partial charge in [-0.1, -0.05) is 26.7 Å². The summed E-state index contributed by atoms with van der Waals surface area (Å²) in [5, 5.41) is 0. The van der Waals surface area contributed by atoms with Crippen LogP contribution in [0.3, 0.4) is 0 Å². The standard InChI is InChI=1S/C17H32N2O/c1-3-9-17(2,15-20)14-18-12-7-16(8-13-18)19-10-5-4-6-11-19/h15-16H,3-14H2,1-2H3. The van der Waals surface area contributed by atoms with Crippen molar-refractivity contribution in [2.24, 2.45) is 5.41 Å². The highest BCUT2D eigenvalue weighted by atomic mass is 16.1. The van der Waals surface area contributed by atoms with Crippen molar-refractivity contribution in [1.29, 1.82) is 0 Å². The minimum absolute atomic E-state index is 0.132. The zero-order chi connectivity index (χ0) is 14.4. The summed E-state index contributed by atoms with van der Waals surface area (Å²) in [6, 6.07) is 0.806. The van der Waals surface area contributed by atoms with Crippen molar-refractivity contribution in [3.05, 3.63) is 0 Å². The Kier molecular flexibility index (Phi) is 6.03. The third-order valence-electron chi connectivity index (χ3n) is 5.15. The van der Waals surface area contributed by atoms with Crippen molar-refractivity contribution >= 4 is 6.29 Å². The second-order valence-corrected chi connectivity index (χ2v) is 7.13. The van der Waals surface area contributed by atoms with Crippen LogP contribution in [0, 0.1) is 5.41 Å². The van der Waals surface area contributed by atoms with E-state index in [9.17, 15) is 4.79 Å². The Hall–Kier alpha value is -0.410. The number of aldehydes is 1. The van der Waals surface area contributed by atoms with E-state index in [1.807, 2.05) is 0 Å². The molecule has 3 heteroatoms. The van der Waals surface area contributed by atoms with Crippen LogP contribution in [-0.4, -0.2) is 54.9 Å². The Labute approximate surface area is 124 Å². The van der Waals surface area contributed by atoms with Gasteiger partial charge >= 0.3 is 0 Å². The molecule has 2 fully saturated rings. The smallest absolute Gasteiger partial charge is 0.127 e. The second-order valence-electron chi connectivity index (χ2n) is 7.13. The maximum Gasteiger partial charge on any atom is 0.127 e. The SMILES string of the molecule is CCCC(C)(C=O)CN1CCC(N2CCCCC2)CC1. The van der Waals surface area contributed by atoms with Crippen LogP contribution in [0.15, 0.2) is 0 Å². The van der Waals surface area contributed by atoms with Crippen LogP contribution in [-0.2, 0) is 4.79 Å². The molecule has 0 amide bonds. The summed E-state index contributed by atoms with van der Waals surface area (Å²) in [6.45, 7) is 10.2. The molecular weight excluding hydrogens is 248 g/mol. The molecule has 0 N–H and O–H groups in total. The number of nitrogens with zero attached hydrogens (tertiary/aromatic N) is 2. The van der Waals surface area contributed by atoms with Crippen LogP contribution < -0.4 is 0 Å². The van der Waals surface area contributed by atoms with Gasteiger partial charge in [-0.15, -0.1) is 0 Å². The van der Waals surface area contributed by atoms with E-state index in [1.54, 1.807) is 0 Å². The Morgan fingerprint density at radius 3 is 2.30 bits per heavy atom. The molecule has 2 aliphatic heterocycles. The largest absolute Gasteiger partial charge is 0.303 e. The number of piperidine rings is 2.